The molecule has 0 radical (unpaired) electrons. The molecule has 2 aromatic carbocycles. The molecule has 0 aliphatic heterocycles. The lowest BCUT2D eigenvalue weighted by Crippen LogP contribution is -2.17. The molecule has 0 atom stereocenters. The van der Waals surface area contributed by atoms with Crippen LogP contribution >= 0.6 is 0 Å². The molecule has 2 aromatic rings. The summed E-state index contributed by atoms with van der Waals surface area (Å²) in [7, 11) is 0. The minimum atomic E-state index is -0.695. The van der Waals surface area contributed by atoms with Crippen LogP contribution in [0.15, 0.2) is 59.7 Å². The van der Waals surface area contributed by atoms with E-state index in [4.69, 9.17) is 10.4 Å². The van der Waals surface area contributed by atoms with E-state index < -0.39 is 11.8 Å². The van der Waals surface area contributed by atoms with Crippen molar-refractivity contribution in [1.82, 2.24) is 10.9 Å². The number of nitrogens with zero attached hydrogens (tertiary/aromatic N) is 2. The predicted molar refractivity (Wildman–Crippen MR) is 92.0 cm³/mol. The maximum Gasteiger partial charge on any atom is 0.325 e. The fourth-order valence-corrected chi connectivity index (χ4v) is 1.99. The largest absolute Gasteiger partial charge is 0.325 e. The van der Waals surface area contributed by atoms with E-state index in [1.807, 2.05) is 0 Å². The molecular formula is C17H15N4O5+. The zero-order valence-corrected chi connectivity index (χ0v) is 13.4. The van der Waals surface area contributed by atoms with Crippen LogP contribution in [0.3, 0.4) is 0 Å². The minimum absolute atomic E-state index is 0.0141. The Morgan fingerprint density at radius 3 is 2.62 bits per heavy atom. The van der Waals surface area contributed by atoms with Crippen LogP contribution in [0, 0.1) is 4.91 Å². The van der Waals surface area contributed by atoms with Gasteiger partial charge in [-0.05, 0) is 29.8 Å². The minimum Gasteiger partial charge on any atom is -0.288 e. The van der Waals surface area contributed by atoms with E-state index in [0.29, 0.717) is 11.1 Å². The number of hydroxylamine groups is 1. The van der Waals surface area contributed by atoms with Crippen molar-refractivity contribution in [3.63, 3.8) is 0 Å². The van der Waals surface area contributed by atoms with Crippen molar-refractivity contribution in [3.8, 4) is 0 Å². The highest BCUT2D eigenvalue weighted by Gasteiger charge is 2.15. The smallest absolute Gasteiger partial charge is 0.288 e. The number of hydrogen-bond acceptors (Lipinski definition) is 5. The van der Waals surface area contributed by atoms with Gasteiger partial charge in [-0.2, -0.15) is 5.10 Å². The summed E-state index contributed by atoms with van der Waals surface area (Å²) in [6.07, 6.45) is 3.76. The number of hydrazone groups is 1. The van der Waals surface area contributed by atoms with Crippen LogP contribution in [0.1, 0.15) is 21.5 Å². The fraction of sp³-hybridized carbons (Fsp3) is 0. The zero-order valence-electron chi connectivity index (χ0n) is 13.4. The van der Waals surface area contributed by atoms with Crippen LogP contribution in [-0.2, 0) is 4.79 Å². The summed E-state index contributed by atoms with van der Waals surface area (Å²) in [4.78, 5) is 33.8. The highest BCUT2D eigenvalue weighted by atomic mass is 16.6. The van der Waals surface area contributed by atoms with Crippen molar-refractivity contribution in [3.05, 3.63) is 76.2 Å². The first-order chi connectivity index (χ1) is 12.5. The number of carbonyl (C=O) groups excluding carboxylic acids is 2. The van der Waals surface area contributed by atoms with Crippen molar-refractivity contribution in [2.45, 2.75) is 0 Å². The molecule has 0 unspecified atom stereocenters. The monoisotopic (exact) mass is 355 g/mol. The average Bonchev–Trinajstić information content (AvgIpc) is 2.66. The molecule has 0 fully saturated rings. The number of nitrogens with one attached hydrogen (secondary N) is 2. The molecule has 0 spiro atoms. The van der Waals surface area contributed by atoms with Crippen molar-refractivity contribution < 1.29 is 24.9 Å². The second-order valence-electron chi connectivity index (χ2n) is 4.97. The first kappa shape index (κ1) is 18.5. The third-order valence-electron chi connectivity index (χ3n) is 3.20. The lowest BCUT2D eigenvalue weighted by molar-refractivity contribution is -0.729. The van der Waals surface area contributed by atoms with Gasteiger partial charge >= 0.3 is 5.69 Å². The van der Waals surface area contributed by atoms with Crippen LogP contribution in [0.5, 0.6) is 0 Å². The number of hydrogen-bond donors (Lipinski definition) is 4. The van der Waals surface area contributed by atoms with E-state index in [2.05, 4.69) is 10.5 Å². The van der Waals surface area contributed by atoms with E-state index in [-0.39, 0.29) is 16.2 Å². The molecule has 4 N–H and O–H groups in total. The van der Waals surface area contributed by atoms with E-state index in [9.17, 15) is 14.5 Å². The Kier molecular flexibility index (Phi) is 6.29. The van der Waals surface area contributed by atoms with Gasteiger partial charge in [-0.15, -0.1) is 0 Å². The maximum atomic E-state index is 12.1. The first-order valence-electron chi connectivity index (χ1n) is 7.32. The van der Waals surface area contributed by atoms with E-state index >= 15 is 0 Å². The van der Waals surface area contributed by atoms with E-state index in [1.54, 1.807) is 36.4 Å². The summed E-state index contributed by atoms with van der Waals surface area (Å²) in [5.41, 5.74) is 4.92. The summed E-state index contributed by atoms with van der Waals surface area (Å²) in [5.74, 6) is -1.21. The summed E-state index contributed by atoms with van der Waals surface area (Å²) < 4.78 is 0. The van der Waals surface area contributed by atoms with E-state index in [1.165, 1.54) is 29.9 Å². The Labute approximate surface area is 147 Å². The predicted octanol–water partition coefficient (Wildman–Crippen LogP) is 1.77. The number of para-hydroxylation sites is 1. The summed E-state index contributed by atoms with van der Waals surface area (Å²) in [5, 5.41) is 21.2. The van der Waals surface area contributed by atoms with Crippen LogP contribution < -0.4 is 10.9 Å². The Balaban J connectivity index is 2.08. The molecule has 0 aliphatic carbocycles. The zero-order chi connectivity index (χ0) is 18.9. The highest BCUT2D eigenvalue weighted by molar-refractivity contribution is 5.96. The number of rotatable bonds is 6. The Hall–Kier alpha value is -3.85. The summed E-state index contributed by atoms with van der Waals surface area (Å²) >= 11 is 0. The highest BCUT2D eigenvalue weighted by Crippen LogP contribution is 2.14. The molecule has 0 saturated carbocycles. The lowest BCUT2D eigenvalue weighted by atomic mass is 10.1. The third kappa shape index (κ3) is 5.08. The van der Waals surface area contributed by atoms with Gasteiger partial charge in [-0.25, -0.2) is 16.1 Å². The number of carbonyl (C=O) groups is 2. The topological polar surface area (TPSA) is 131 Å². The molecule has 9 nitrogen and oxygen atoms in total. The van der Waals surface area contributed by atoms with Crippen molar-refractivity contribution >= 4 is 29.8 Å². The van der Waals surface area contributed by atoms with Gasteiger partial charge in [-0.3, -0.25) is 14.8 Å². The molecule has 0 saturated heterocycles. The van der Waals surface area contributed by atoms with Gasteiger partial charge in [0.25, 0.3) is 16.7 Å². The third-order valence-corrected chi connectivity index (χ3v) is 3.20. The number of benzene rings is 2. The van der Waals surface area contributed by atoms with Gasteiger partial charge in [0.15, 0.2) is 0 Å². The Bertz CT molecular complexity index is 892. The van der Waals surface area contributed by atoms with Crippen LogP contribution in [0.25, 0.3) is 6.08 Å². The second kappa shape index (κ2) is 8.85. The molecule has 0 aromatic heterocycles. The molecular weight excluding hydrogens is 340 g/mol. The molecule has 0 aliphatic rings. The molecule has 2 amide bonds. The van der Waals surface area contributed by atoms with Crippen LogP contribution in [0.4, 0.5) is 5.69 Å². The first-order valence-corrected chi connectivity index (χ1v) is 7.32. The SMILES string of the molecule is O=C(/C=C/c1cccc(C(=O)N/N=C/c2ccccc2[N+](=O)O)c1)NO. The fourth-order valence-electron chi connectivity index (χ4n) is 1.99. The molecule has 9 heteroatoms. The van der Waals surface area contributed by atoms with Crippen LogP contribution in [-0.4, -0.2) is 33.4 Å². The van der Waals surface area contributed by atoms with Gasteiger partial charge in [0, 0.05) is 17.7 Å². The molecule has 26 heavy (non-hydrogen) atoms. The molecule has 0 bridgehead atoms. The van der Waals surface area contributed by atoms with Gasteiger partial charge in [0.2, 0.25) is 0 Å². The molecule has 2 rings (SSSR count). The average molecular weight is 355 g/mol. The Morgan fingerprint density at radius 2 is 1.88 bits per heavy atom. The standard InChI is InChI=1S/C17H14N4O5/c22-16(20-24)9-8-12-4-3-6-13(10-12)17(23)19-18-11-14-5-1-2-7-15(14)21(25)26/h1-11H,(H3-,19,20,22,23,24,25,26)/p+1/b9-8+,18-11+. The van der Waals surface area contributed by atoms with Gasteiger partial charge < -0.3 is 0 Å². The quantitative estimate of drug-likeness (QED) is 0.271. The van der Waals surface area contributed by atoms with Gasteiger partial charge in [0.05, 0.1) is 16.7 Å². The summed E-state index contributed by atoms with van der Waals surface area (Å²) in [6, 6.07) is 12.5. The van der Waals surface area contributed by atoms with Crippen molar-refractivity contribution in [2.75, 3.05) is 0 Å². The Morgan fingerprint density at radius 1 is 1.12 bits per heavy atom. The van der Waals surface area contributed by atoms with Gasteiger partial charge in [0.1, 0.15) is 0 Å². The lowest BCUT2D eigenvalue weighted by Gasteiger charge is -2.01. The molecule has 132 valence electrons. The van der Waals surface area contributed by atoms with Crippen LogP contribution in [0.2, 0.25) is 0 Å². The number of amides is 2. The maximum absolute atomic E-state index is 12.1. The van der Waals surface area contributed by atoms with Gasteiger partial charge in [-0.1, -0.05) is 24.3 Å². The van der Waals surface area contributed by atoms with Crippen molar-refractivity contribution in [1.29, 1.82) is 0 Å². The normalized spacial score (nSPS) is 10.8. The summed E-state index contributed by atoms with van der Waals surface area (Å²) in [6.45, 7) is 0. The van der Waals surface area contributed by atoms with E-state index in [0.717, 1.165) is 6.08 Å². The second-order valence-corrected chi connectivity index (χ2v) is 4.97. The van der Waals surface area contributed by atoms with Crippen molar-refractivity contribution in [2.24, 2.45) is 5.10 Å². The molecule has 0 heterocycles.